The number of carbonyl (C=O) groups excluding carboxylic acids is 2. The van der Waals surface area contributed by atoms with E-state index in [-0.39, 0.29) is 24.1 Å². The van der Waals surface area contributed by atoms with Crippen molar-refractivity contribution in [3.8, 4) is 11.5 Å². The van der Waals surface area contributed by atoms with E-state index in [4.69, 9.17) is 9.47 Å². The van der Waals surface area contributed by atoms with Crippen molar-refractivity contribution in [1.82, 2.24) is 9.80 Å². The van der Waals surface area contributed by atoms with Crippen molar-refractivity contribution in [2.24, 2.45) is 0 Å². The lowest BCUT2D eigenvalue weighted by atomic mass is 9.55. The highest BCUT2D eigenvalue weighted by Crippen LogP contribution is 2.67. The number of nitrogens with zero attached hydrogens (tertiary/aromatic N) is 2. The van der Waals surface area contributed by atoms with E-state index in [0.29, 0.717) is 13.1 Å². The zero-order valence-corrected chi connectivity index (χ0v) is 20.0. The van der Waals surface area contributed by atoms with Crippen molar-refractivity contribution in [3.63, 3.8) is 0 Å². The normalized spacial score (nSPS) is 30.1. The Morgan fingerprint density at radius 1 is 0.794 bits per heavy atom. The molecule has 178 valence electrons. The van der Waals surface area contributed by atoms with Gasteiger partial charge < -0.3 is 29.9 Å². The molecule has 2 N–H and O–H groups in total. The van der Waals surface area contributed by atoms with E-state index in [2.05, 4.69) is 22.8 Å². The number of hydrogen-bond acceptors (Lipinski definition) is 6. The molecule has 2 amide bonds. The number of benzene rings is 2. The van der Waals surface area contributed by atoms with Crippen LogP contribution in [0.2, 0.25) is 0 Å². The standard InChI is InChI=1S/C26H30N4O4/c1-15(31)29-11-9-25(19-13-17(33-3)5-7-21(19)27-23(25)29)26-10-12-30(16(2)32)24(26)28-22-8-6-18(34-4)14-20(22)26/h5-8,13-14,23-24,27-28H,9-12H2,1-4H3/t23-,24-,25+,26+/m0/s1. The Morgan fingerprint density at radius 2 is 1.21 bits per heavy atom. The van der Waals surface area contributed by atoms with Gasteiger partial charge in [-0.2, -0.15) is 0 Å². The third kappa shape index (κ3) is 2.38. The first-order valence-corrected chi connectivity index (χ1v) is 11.8. The topological polar surface area (TPSA) is 83.1 Å². The summed E-state index contributed by atoms with van der Waals surface area (Å²) in [6.07, 6.45) is 1.12. The van der Waals surface area contributed by atoms with E-state index in [1.807, 2.05) is 34.1 Å². The van der Waals surface area contributed by atoms with Gasteiger partial charge in [-0.25, -0.2) is 0 Å². The average Bonchev–Trinajstić information content (AvgIpc) is 3.54. The van der Waals surface area contributed by atoms with Crippen molar-refractivity contribution in [3.05, 3.63) is 47.5 Å². The number of hydrogen-bond donors (Lipinski definition) is 2. The second-order valence-electron chi connectivity index (χ2n) is 9.78. The third-order valence-corrected chi connectivity index (χ3v) is 8.66. The molecule has 8 nitrogen and oxygen atoms in total. The fraction of sp³-hybridized carbons (Fsp3) is 0.462. The molecule has 4 aliphatic heterocycles. The van der Waals surface area contributed by atoms with Gasteiger partial charge in [0, 0.05) is 38.3 Å². The number of nitrogens with one attached hydrogen (secondary N) is 2. The van der Waals surface area contributed by atoms with Crippen LogP contribution < -0.4 is 20.1 Å². The van der Waals surface area contributed by atoms with Gasteiger partial charge >= 0.3 is 0 Å². The molecule has 0 unspecified atom stereocenters. The molecule has 2 aromatic rings. The molecule has 2 aromatic carbocycles. The largest absolute Gasteiger partial charge is 0.497 e. The molecule has 8 heteroatoms. The lowest BCUT2D eigenvalue weighted by molar-refractivity contribution is -0.131. The Hall–Kier alpha value is -3.42. The second kappa shape index (κ2) is 7.04. The first-order valence-electron chi connectivity index (χ1n) is 11.8. The van der Waals surface area contributed by atoms with E-state index >= 15 is 0 Å². The summed E-state index contributed by atoms with van der Waals surface area (Å²) in [5.74, 6) is 1.66. The van der Waals surface area contributed by atoms with Crippen LogP contribution in [-0.4, -0.2) is 61.3 Å². The summed E-state index contributed by atoms with van der Waals surface area (Å²) < 4.78 is 11.3. The fourth-order valence-electron chi connectivity index (χ4n) is 7.30. The Kier molecular flexibility index (Phi) is 4.38. The minimum absolute atomic E-state index is 0.0466. The van der Waals surface area contributed by atoms with Crippen LogP contribution in [0.5, 0.6) is 11.5 Å². The molecule has 0 saturated carbocycles. The number of carbonyl (C=O) groups is 2. The summed E-state index contributed by atoms with van der Waals surface area (Å²) in [5, 5.41) is 7.39. The second-order valence-corrected chi connectivity index (χ2v) is 9.78. The number of fused-ring (bicyclic) bond motifs is 7. The summed E-state index contributed by atoms with van der Waals surface area (Å²) in [6.45, 7) is 4.57. The minimum atomic E-state index is -0.456. The highest BCUT2D eigenvalue weighted by atomic mass is 16.5. The highest BCUT2D eigenvalue weighted by Gasteiger charge is 2.72. The monoisotopic (exact) mass is 462 g/mol. The van der Waals surface area contributed by atoms with Crippen LogP contribution in [0.3, 0.4) is 0 Å². The smallest absolute Gasteiger partial charge is 0.221 e. The molecule has 0 aromatic heterocycles. The van der Waals surface area contributed by atoms with Gasteiger partial charge in [-0.05, 0) is 60.4 Å². The highest BCUT2D eigenvalue weighted by molar-refractivity contribution is 5.82. The minimum Gasteiger partial charge on any atom is -0.497 e. The summed E-state index contributed by atoms with van der Waals surface area (Å²) in [7, 11) is 3.35. The number of ether oxygens (including phenoxy) is 2. The molecular weight excluding hydrogens is 432 g/mol. The van der Waals surface area contributed by atoms with Crippen LogP contribution in [0.15, 0.2) is 36.4 Å². The van der Waals surface area contributed by atoms with Crippen LogP contribution in [0, 0.1) is 0 Å². The molecule has 34 heavy (non-hydrogen) atoms. The number of anilines is 2. The molecule has 0 radical (unpaired) electrons. The number of amides is 2. The fourth-order valence-corrected chi connectivity index (χ4v) is 7.30. The van der Waals surface area contributed by atoms with E-state index in [9.17, 15) is 9.59 Å². The number of methoxy groups -OCH3 is 2. The van der Waals surface area contributed by atoms with E-state index < -0.39 is 10.8 Å². The Labute approximate surface area is 199 Å². The van der Waals surface area contributed by atoms with Gasteiger partial charge in [-0.1, -0.05) is 0 Å². The molecule has 2 fully saturated rings. The molecule has 0 aliphatic carbocycles. The van der Waals surface area contributed by atoms with Gasteiger partial charge in [0.15, 0.2) is 0 Å². The van der Waals surface area contributed by atoms with Gasteiger partial charge in [-0.3, -0.25) is 9.59 Å². The maximum absolute atomic E-state index is 12.8. The Balaban J connectivity index is 1.66. The number of rotatable bonds is 3. The predicted octanol–water partition coefficient (Wildman–Crippen LogP) is 2.89. The molecule has 4 atom stereocenters. The molecule has 6 rings (SSSR count). The van der Waals surface area contributed by atoms with Crippen LogP contribution >= 0.6 is 0 Å². The van der Waals surface area contributed by atoms with Gasteiger partial charge in [0.05, 0.1) is 25.0 Å². The summed E-state index contributed by atoms with van der Waals surface area (Å²) in [5.41, 5.74) is 3.41. The molecule has 4 aliphatic rings. The summed E-state index contributed by atoms with van der Waals surface area (Å²) in [6, 6.07) is 12.2. The predicted molar refractivity (Wildman–Crippen MR) is 128 cm³/mol. The first kappa shape index (κ1) is 21.1. The summed E-state index contributed by atoms with van der Waals surface area (Å²) in [4.78, 5) is 29.5. The lowest BCUT2D eigenvalue weighted by Gasteiger charge is -2.48. The van der Waals surface area contributed by atoms with Crippen molar-refractivity contribution < 1.29 is 19.1 Å². The van der Waals surface area contributed by atoms with E-state index in [1.54, 1.807) is 28.1 Å². The van der Waals surface area contributed by atoms with E-state index in [0.717, 1.165) is 46.8 Å². The maximum Gasteiger partial charge on any atom is 0.221 e. The summed E-state index contributed by atoms with van der Waals surface area (Å²) >= 11 is 0. The SMILES string of the molecule is COc1ccc2c(c1)[C@]1([C@@]34CCN(C(C)=O)[C@@H]3Nc3ccc(OC)cc34)CCN(C(C)=O)[C@@H]1N2. The zero-order valence-electron chi connectivity index (χ0n) is 20.0. The third-order valence-electron chi connectivity index (χ3n) is 8.66. The zero-order chi connectivity index (χ0) is 23.8. The lowest BCUT2D eigenvalue weighted by Crippen LogP contribution is -2.61. The molecule has 4 heterocycles. The van der Waals surface area contributed by atoms with Crippen LogP contribution in [0.4, 0.5) is 11.4 Å². The Bertz CT molecular complexity index is 1120. The Morgan fingerprint density at radius 3 is 1.56 bits per heavy atom. The van der Waals surface area contributed by atoms with Gasteiger partial charge in [0.1, 0.15) is 23.8 Å². The van der Waals surface area contributed by atoms with Gasteiger partial charge in [-0.15, -0.1) is 0 Å². The van der Waals surface area contributed by atoms with Gasteiger partial charge in [0.2, 0.25) is 11.8 Å². The molecular formula is C26H30N4O4. The van der Waals surface area contributed by atoms with Gasteiger partial charge in [0.25, 0.3) is 0 Å². The van der Waals surface area contributed by atoms with Crippen LogP contribution in [0.1, 0.15) is 37.8 Å². The molecule has 0 spiro atoms. The number of likely N-dealkylation sites (tertiary alicyclic amines) is 2. The van der Waals surface area contributed by atoms with E-state index in [1.165, 1.54) is 0 Å². The maximum atomic E-state index is 12.8. The van der Waals surface area contributed by atoms with Crippen molar-refractivity contribution >= 4 is 23.2 Å². The van der Waals surface area contributed by atoms with Crippen LogP contribution in [-0.2, 0) is 20.4 Å². The quantitative estimate of drug-likeness (QED) is 0.730. The van der Waals surface area contributed by atoms with Crippen molar-refractivity contribution in [2.45, 2.75) is 49.9 Å². The molecule has 0 bridgehead atoms. The average molecular weight is 463 g/mol. The van der Waals surface area contributed by atoms with Crippen molar-refractivity contribution in [2.75, 3.05) is 37.9 Å². The molecule has 2 saturated heterocycles. The van der Waals surface area contributed by atoms with Crippen LogP contribution in [0.25, 0.3) is 0 Å². The van der Waals surface area contributed by atoms with Crippen molar-refractivity contribution in [1.29, 1.82) is 0 Å². The first-order chi connectivity index (χ1) is 16.4.